The molecule has 1 unspecified atom stereocenters. The summed E-state index contributed by atoms with van der Waals surface area (Å²) in [6, 6.07) is 0. The summed E-state index contributed by atoms with van der Waals surface area (Å²) in [6.45, 7) is 2.13. The predicted octanol–water partition coefficient (Wildman–Crippen LogP) is 1.86. The number of hydrogen-bond acceptors (Lipinski definition) is 2. The van der Waals surface area contributed by atoms with Crippen molar-refractivity contribution in [1.82, 2.24) is 0 Å². The number of rotatable bonds is 2. The van der Waals surface area contributed by atoms with E-state index in [0.717, 1.165) is 25.0 Å². The third-order valence-electron chi connectivity index (χ3n) is 1.58. The molecule has 0 bridgehead atoms. The predicted molar refractivity (Wildman–Crippen MR) is 40.8 cm³/mol. The first-order valence-corrected chi connectivity index (χ1v) is 4.53. The van der Waals surface area contributed by atoms with Gasteiger partial charge in [-0.3, -0.25) is 4.79 Å². The van der Waals surface area contributed by atoms with Gasteiger partial charge in [-0.05, 0) is 6.42 Å². The Labute approximate surface area is 60.2 Å². The van der Waals surface area contributed by atoms with E-state index in [1.54, 1.807) is 0 Å². The van der Waals surface area contributed by atoms with Crippen molar-refractivity contribution in [2.45, 2.75) is 31.4 Å². The van der Waals surface area contributed by atoms with E-state index in [0.29, 0.717) is 11.0 Å². The van der Waals surface area contributed by atoms with Crippen molar-refractivity contribution in [1.29, 1.82) is 0 Å². The molecule has 1 nitrogen and oxygen atoms in total. The molecule has 52 valence electrons. The zero-order valence-corrected chi connectivity index (χ0v) is 6.54. The van der Waals surface area contributed by atoms with Crippen LogP contribution in [0.5, 0.6) is 0 Å². The molecule has 0 aromatic rings. The maximum absolute atomic E-state index is 10.9. The molecule has 0 radical (unpaired) electrons. The van der Waals surface area contributed by atoms with Crippen molar-refractivity contribution in [3.8, 4) is 0 Å². The van der Waals surface area contributed by atoms with E-state index >= 15 is 0 Å². The number of thioether (sulfide) groups is 1. The summed E-state index contributed by atoms with van der Waals surface area (Å²) in [5, 5.41) is 0.356. The lowest BCUT2D eigenvalue weighted by atomic mass is 10.1. The number of carbonyl (C=O) groups is 1. The molecule has 9 heavy (non-hydrogen) atoms. The largest absolute Gasteiger partial charge is 0.298 e. The molecule has 1 rings (SSSR count). The fourth-order valence-electron chi connectivity index (χ4n) is 1.06. The lowest BCUT2D eigenvalue weighted by molar-refractivity contribution is -0.117. The summed E-state index contributed by atoms with van der Waals surface area (Å²) in [5.41, 5.74) is 0. The van der Waals surface area contributed by atoms with Gasteiger partial charge in [0, 0.05) is 12.2 Å². The van der Waals surface area contributed by atoms with E-state index in [-0.39, 0.29) is 0 Å². The van der Waals surface area contributed by atoms with Gasteiger partial charge in [-0.15, -0.1) is 0 Å². The van der Waals surface area contributed by atoms with Crippen LogP contribution >= 0.6 is 11.8 Å². The van der Waals surface area contributed by atoms with Crippen LogP contribution in [0.15, 0.2) is 0 Å². The van der Waals surface area contributed by atoms with Crippen LogP contribution in [-0.4, -0.2) is 16.8 Å². The molecule has 0 saturated carbocycles. The first-order valence-electron chi connectivity index (χ1n) is 3.49. The van der Waals surface area contributed by atoms with Crippen LogP contribution in [0.3, 0.4) is 0 Å². The summed E-state index contributed by atoms with van der Waals surface area (Å²) in [5.74, 6) is 1.53. The van der Waals surface area contributed by atoms with Crippen LogP contribution in [0.4, 0.5) is 0 Å². The number of ketones is 1. The quantitative estimate of drug-likeness (QED) is 0.588. The zero-order chi connectivity index (χ0) is 6.69. The SMILES string of the molecule is CCCC1SCCC1=O. The van der Waals surface area contributed by atoms with Gasteiger partial charge in [-0.1, -0.05) is 13.3 Å². The molecule has 2 heteroatoms. The Morgan fingerprint density at radius 3 is 3.00 bits per heavy atom. The molecule has 1 saturated heterocycles. The molecule has 1 heterocycles. The van der Waals surface area contributed by atoms with Crippen LogP contribution in [0.25, 0.3) is 0 Å². The minimum absolute atomic E-state index is 0.356. The van der Waals surface area contributed by atoms with Crippen LogP contribution < -0.4 is 0 Å². The Hall–Kier alpha value is 0.0200. The number of hydrogen-bond donors (Lipinski definition) is 0. The molecule has 1 aliphatic rings. The fraction of sp³-hybridized carbons (Fsp3) is 0.857. The maximum atomic E-state index is 10.9. The van der Waals surface area contributed by atoms with Crippen LogP contribution in [0.1, 0.15) is 26.2 Å². The first-order chi connectivity index (χ1) is 4.34. The summed E-state index contributed by atoms with van der Waals surface area (Å²) in [7, 11) is 0. The minimum atomic E-state index is 0.356. The molecule has 1 fully saturated rings. The second kappa shape index (κ2) is 3.25. The lowest BCUT2D eigenvalue weighted by Crippen LogP contribution is -2.08. The highest BCUT2D eigenvalue weighted by Crippen LogP contribution is 2.26. The summed E-state index contributed by atoms with van der Waals surface area (Å²) < 4.78 is 0. The van der Waals surface area contributed by atoms with Crippen molar-refractivity contribution in [2.75, 3.05) is 5.75 Å². The Balaban J connectivity index is 2.31. The van der Waals surface area contributed by atoms with Gasteiger partial charge >= 0.3 is 0 Å². The van der Waals surface area contributed by atoms with Gasteiger partial charge in [0.25, 0.3) is 0 Å². The van der Waals surface area contributed by atoms with Gasteiger partial charge in [0.05, 0.1) is 5.25 Å². The molecule has 0 N–H and O–H groups in total. The Morgan fingerprint density at radius 2 is 2.56 bits per heavy atom. The molecule has 0 aliphatic carbocycles. The smallest absolute Gasteiger partial charge is 0.146 e. The van der Waals surface area contributed by atoms with Crippen molar-refractivity contribution in [3.63, 3.8) is 0 Å². The van der Waals surface area contributed by atoms with E-state index < -0.39 is 0 Å². The van der Waals surface area contributed by atoms with Crippen molar-refractivity contribution in [3.05, 3.63) is 0 Å². The standard InChI is InChI=1S/C7H12OS/c1-2-3-7-6(8)4-5-9-7/h7H,2-5H2,1H3. The van der Waals surface area contributed by atoms with E-state index in [4.69, 9.17) is 0 Å². The average molecular weight is 144 g/mol. The van der Waals surface area contributed by atoms with Crippen LogP contribution in [-0.2, 0) is 4.79 Å². The van der Waals surface area contributed by atoms with E-state index in [9.17, 15) is 4.79 Å². The average Bonchev–Trinajstić information content (AvgIpc) is 2.18. The molecule has 1 atom stereocenters. The Kier molecular flexibility index (Phi) is 2.58. The molecular formula is C7H12OS. The highest BCUT2D eigenvalue weighted by atomic mass is 32.2. The van der Waals surface area contributed by atoms with E-state index in [1.165, 1.54) is 0 Å². The monoisotopic (exact) mass is 144 g/mol. The second-order valence-corrected chi connectivity index (χ2v) is 3.68. The first kappa shape index (κ1) is 7.13. The van der Waals surface area contributed by atoms with Gasteiger partial charge in [-0.25, -0.2) is 0 Å². The summed E-state index contributed by atoms with van der Waals surface area (Å²) in [4.78, 5) is 10.9. The molecule has 1 aliphatic heterocycles. The molecule has 0 aromatic heterocycles. The Bertz CT molecular complexity index is 111. The third-order valence-corrected chi connectivity index (χ3v) is 2.92. The molecular weight excluding hydrogens is 132 g/mol. The van der Waals surface area contributed by atoms with Gasteiger partial charge in [-0.2, -0.15) is 11.8 Å². The molecule has 0 spiro atoms. The highest BCUT2D eigenvalue weighted by Gasteiger charge is 2.23. The van der Waals surface area contributed by atoms with Gasteiger partial charge in [0.15, 0.2) is 0 Å². The minimum Gasteiger partial charge on any atom is -0.298 e. The van der Waals surface area contributed by atoms with Crippen molar-refractivity contribution < 1.29 is 4.79 Å². The normalized spacial score (nSPS) is 27.2. The van der Waals surface area contributed by atoms with Crippen LogP contribution in [0.2, 0.25) is 0 Å². The second-order valence-electron chi connectivity index (χ2n) is 2.36. The molecule has 0 amide bonds. The van der Waals surface area contributed by atoms with Crippen molar-refractivity contribution >= 4 is 17.5 Å². The van der Waals surface area contributed by atoms with E-state index in [1.807, 2.05) is 11.8 Å². The van der Waals surface area contributed by atoms with Crippen molar-refractivity contribution in [2.24, 2.45) is 0 Å². The third kappa shape index (κ3) is 1.71. The lowest BCUT2D eigenvalue weighted by Gasteiger charge is -2.01. The number of carbonyl (C=O) groups excluding carboxylic acids is 1. The summed E-state index contributed by atoms with van der Waals surface area (Å²) in [6.07, 6.45) is 3.04. The Morgan fingerprint density at radius 1 is 1.78 bits per heavy atom. The molecule has 0 aromatic carbocycles. The zero-order valence-electron chi connectivity index (χ0n) is 5.72. The van der Waals surface area contributed by atoms with Gasteiger partial charge in [0.1, 0.15) is 5.78 Å². The highest BCUT2D eigenvalue weighted by molar-refractivity contribution is 8.01. The van der Waals surface area contributed by atoms with E-state index in [2.05, 4.69) is 6.92 Å². The van der Waals surface area contributed by atoms with Gasteiger partial charge in [0.2, 0.25) is 0 Å². The topological polar surface area (TPSA) is 17.1 Å². The van der Waals surface area contributed by atoms with Crippen LogP contribution in [0, 0.1) is 0 Å². The van der Waals surface area contributed by atoms with Gasteiger partial charge < -0.3 is 0 Å². The number of Topliss-reactive ketones (excluding diaryl/α,β-unsaturated/α-hetero) is 1. The summed E-state index contributed by atoms with van der Waals surface area (Å²) >= 11 is 1.83. The fourth-order valence-corrected chi connectivity index (χ4v) is 2.37. The maximum Gasteiger partial charge on any atom is 0.146 e.